The van der Waals surface area contributed by atoms with Crippen LogP contribution in [0.4, 0.5) is 10.5 Å². The number of carbonyl (C=O) groups is 2. The molecule has 0 aliphatic carbocycles. The van der Waals surface area contributed by atoms with Gasteiger partial charge in [-0.25, -0.2) is 9.59 Å². The number of carbonyl (C=O) groups excluding carboxylic acids is 1. The van der Waals surface area contributed by atoms with Gasteiger partial charge in [-0.2, -0.15) is 0 Å². The molecule has 1 atom stereocenters. The third-order valence-corrected chi connectivity index (χ3v) is 3.93. The summed E-state index contributed by atoms with van der Waals surface area (Å²) in [6, 6.07) is 3.77. The summed E-state index contributed by atoms with van der Waals surface area (Å²) >= 11 is 0. The molecule has 6 nitrogen and oxygen atoms in total. The van der Waals surface area contributed by atoms with E-state index < -0.39 is 5.97 Å². The first-order valence-electron chi connectivity index (χ1n) is 7.00. The predicted molar refractivity (Wildman–Crippen MR) is 78.6 cm³/mol. The number of hydrogen-bond donors (Lipinski definition) is 3. The number of benzene rings is 1. The lowest BCUT2D eigenvalue weighted by Gasteiger charge is -2.19. The van der Waals surface area contributed by atoms with E-state index in [0.717, 1.165) is 6.42 Å². The Morgan fingerprint density at radius 1 is 1.38 bits per heavy atom. The number of likely N-dealkylation sites (tertiary alicyclic amines) is 1. The Kier molecular flexibility index (Phi) is 4.35. The Hall–Kier alpha value is -2.24. The zero-order valence-corrected chi connectivity index (χ0v) is 12.2. The van der Waals surface area contributed by atoms with E-state index in [1.165, 1.54) is 18.2 Å². The van der Waals surface area contributed by atoms with Crippen LogP contribution in [0.5, 0.6) is 5.75 Å². The van der Waals surface area contributed by atoms with Crippen molar-refractivity contribution in [3.8, 4) is 5.75 Å². The van der Waals surface area contributed by atoms with E-state index in [1.54, 1.807) is 4.90 Å². The largest absolute Gasteiger partial charge is 0.507 e. The lowest BCUT2D eigenvalue weighted by molar-refractivity contribution is 0.0693. The first-order chi connectivity index (χ1) is 9.88. The molecule has 1 aromatic rings. The Balaban J connectivity index is 2.04. The highest BCUT2D eigenvalue weighted by Gasteiger charge is 2.28. The SMILES string of the molecule is CC(C)C1CCN(C(=O)Nc2ccc(O)c(C(=O)O)c2)C1. The average molecular weight is 292 g/mol. The lowest BCUT2D eigenvalue weighted by atomic mass is 9.95. The summed E-state index contributed by atoms with van der Waals surface area (Å²) in [5.41, 5.74) is 0.137. The highest BCUT2D eigenvalue weighted by Crippen LogP contribution is 2.25. The first-order valence-corrected chi connectivity index (χ1v) is 7.00. The van der Waals surface area contributed by atoms with Gasteiger partial charge in [0.25, 0.3) is 0 Å². The standard InChI is InChI=1S/C15H20N2O4/c1-9(2)10-5-6-17(8-10)15(21)16-11-3-4-13(18)12(7-11)14(19)20/h3-4,7,9-10,18H,5-6,8H2,1-2H3,(H,16,21)(H,19,20). The van der Waals surface area contributed by atoms with Crippen LogP contribution in [0, 0.1) is 11.8 Å². The molecule has 3 N–H and O–H groups in total. The molecule has 21 heavy (non-hydrogen) atoms. The van der Waals surface area contributed by atoms with E-state index in [9.17, 15) is 14.7 Å². The maximum Gasteiger partial charge on any atom is 0.339 e. The summed E-state index contributed by atoms with van der Waals surface area (Å²) in [6.45, 7) is 5.71. The number of phenols is 1. The van der Waals surface area contributed by atoms with Crippen LogP contribution in [0.25, 0.3) is 0 Å². The zero-order valence-electron chi connectivity index (χ0n) is 12.2. The second kappa shape index (κ2) is 6.03. The molecule has 0 radical (unpaired) electrons. The number of carboxylic acids is 1. The van der Waals surface area contributed by atoms with Crippen LogP contribution in [0.2, 0.25) is 0 Å². The summed E-state index contributed by atoms with van der Waals surface area (Å²) in [6.07, 6.45) is 0.987. The molecular formula is C15H20N2O4. The molecular weight excluding hydrogens is 272 g/mol. The molecule has 2 rings (SSSR count). The number of rotatable bonds is 3. The quantitative estimate of drug-likeness (QED) is 0.747. The molecule has 1 fully saturated rings. The van der Waals surface area contributed by atoms with Crippen molar-refractivity contribution in [2.75, 3.05) is 18.4 Å². The Labute approximate surface area is 123 Å². The van der Waals surface area contributed by atoms with Crippen molar-refractivity contribution in [1.82, 2.24) is 4.90 Å². The maximum absolute atomic E-state index is 12.2. The summed E-state index contributed by atoms with van der Waals surface area (Å²) < 4.78 is 0. The minimum atomic E-state index is -1.23. The summed E-state index contributed by atoms with van der Waals surface area (Å²) in [5.74, 6) is -0.508. The molecule has 0 saturated carbocycles. The first kappa shape index (κ1) is 15.2. The second-order valence-electron chi connectivity index (χ2n) is 5.71. The number of carboxylic acid groups (broad SMARTS) is 1. The van der Waals surface area contributed by atoms with Gasteiger partial charge in [-0.15, -0.1) is 0 Å². The van der Waals surface area contributed by atoms with Crippen molar-refractivity contribution in [3.05, 3.63) is 23.8 Å². The van der Waals surface area contributed by atoms with Crippen molar-refractivity contribution >= 4 is 17.7 Å². The molecule has 6 heteroatoms. The van der Waals surface area contributed by atoms with Crippen molar-refractivity contribution in [3.63, 3.8) is 0 Å². The fourth-order valence-electron chi connectivity index (χ4n) is 2.50. The highest BCUT2D eigenvalue weighted by molar-refractivity contribution is 5.95. The van der Waals surface area contributed by atoms with Crippen LogP contribution in [0.3, 0.4) is 0 Å². The third kappa shape index (κ3) is 3.45. The van der Waals surface area contributed by atoms with Crippen LogP contribution in [0.15, 0.2) is 18.2 Å². The smallest absolute Gasteiger partial charge is 0.339 e. The zero-order chi connectivity index (χ0) is 15.6. The number of aromatic hydroxyl groups is 1. The Morgan fingerprint density at radius 3 is 2.67 bits per heavy atom. The fraction of sp³-hybridized carbons (Fsp3) is 0.467. The number of nitrogens with one attached hydrogen (secondary N) is 1. The van der Waals surface area contributed by atoms with Gasteiger partial charge >= 0.3 is 12.0 Å². The number of nitrogens with zero attached hydrogens (tertiary/aromatic N) is 1. The van der Waals surface area contributed by atoms with E-state index in [2.05, 4.69) is 19.2 Å². The number of aromatic carboxylic acids is 1. The Morgan fingerprint density at radius 2 is 2.10 bits per heavy atom. The summed E-state index contributed by atoms with van der Waals surface area (Å²) in [7, 11) is 0. The van der Waals surface area contributed by atoms with Crippen LogP contribution < -0.4 is 5.32 Å². The van der Waals surface area contributed by atoms with E-state index in [-0.39, 0.29) is 17.3 Å². The van der Waals surface area contributed by atoms with Gasteiger partial charge in [0.2, 0.25) is 0 Å². The molecule has 0 bridgehead atoms. The number of anilines is 1. The van der Waals surface area contributed by atoms with E-state index in [4.69, 9.17) is 5.11 Å². The van der Waals surface area contributed by atoms with E-state index in [0.29, 0.717) is 30.6 Å². The number of amides is 2. The van der Waals surface area contributed by atoms with E-state index >= 15 is 0 Å². The van der Waals surface area contributed by atoms with Gasteiger partial charge in [-0.05, 0) is 36.5 Å². The molecule has 1 aromatic carbocycles. The molecule has 1 saturated heterocycles. The van der Waals surface area contributed by atoms with Crippen LogP contribution >= 0.6 is 0 Å². The van der Waals surface area contributed by atoms with Crippen molar-refractivity contribution in [2.24, 2.45) is 11.8 Å². The van der Waals surface area contributed by atoms with Crippen LogP contribution in [-0.4, -0.2) is 40.2 Å². The average Bonchev–Trinajstić information content (AvgIpc) is 2.90. The highest BCUT2D eigenvalue weighted by atomic mass is 16.4. The van der Waals surface area contributed by atoms with E-state index in [1.807, 2.05) is 0 Å². The summed E-state index contributed by atoms with van der Waals surface area (Å²) in [5, 5.41) is 21.1. The monoisotopic (exact) mass is 292 g/mol. The lowest BCUT2D eigenvalue weighted by Crippen LogP contribution is -2.33. The minimum Gasteiger partial charge on any atom is -0.507 e. The fourth-order valence-corrected chi connectivity index (χ4v) is 2.50. The molecule has 1 unspecified atom stereocenters. The molecule has 0 spiro atoms. The van der Waals surface area contributed by atoms with Gasteiger partial charge in [0.15, 0.2) is 0 Å². The van der Waals surface area contributed by atoms with Gasteiger partial charge in [0.05, 0.1) is 0 Å². The molecule has 1 aliphatic rings. The van der Waals surface area contributed by atoms with Crippen LogP contribution in [0.1, 0.15) is 30.6 Å². The second-order valence-corrected chi connectivity index (χ2v) is 5.71. The van der Waals surface area contributed by atoms with Gasteiger partial charge in [0.1, 0.15) is 11.3 Å². The normalized spacial score (nSPS) is 18.0. The minimum absolute atomic E-state index is 0.228. The molecule has 2 amide bonds. The molecule has 0 aromatic heterocycles. The Bertz CT molecular complexity index is 557. The topological polar surface area (TPSA) is 89.9 Å². The number of urea groups is 1. The number of hydrogen-bond acceptors (Lipinski definition) is 3. The molecule has 114 valence electrons. The maximum atomic E-state index is 12.2. The molecule has 1 aliphatic heterocycles. The van der Waals surface area contributed by atoms with Gasteiger partial charge in [-0.1, -0.05) is 13.8 Å². The van der Waals surface area contributed by atoms with Crippen molar-refractivity contribution < 1.29 is 19.8 Å². The summed E-state index contributed by atoms with van der Waals surface area (Å²) in [4.78, 5) is 24.8. The van der Waals surface area contributed by atoms with Crippen molar-refractivity contribution in [2.45, 2.75) is 20.3 Å². The van der Waals surface area contributed by atoms with Crippen LogP contribution in [-0.2, 0) is 0 Å². The van der Waals surface area contributed by atoms with Crippen molar-refractivity contribution in [1.29, 1.82) is 0 Å². The van der Waals surface area contributed by atoms with Gasteiger partial charge in [0, 0.05) is 18.8 Å². The van der Waals surface area contributed by atoms with Gasteiger partial charge < -0.3 is 20.4 Å². The van der Waals surface area contributed by atoms with Gasteiger partial charge in [-0.3, -0.25) is 0 Å². The third-order valence-electron chi connectivity index (χ3n) is 3.93. The predicted octanol–water partition coefficient (Wildman–Crippen LogP) is 2.60. The molecule has 1 heterocycles.